The van der Waals surface area contributed by atoms with E-state index in [0.29, 0.717) is 17.8 Å². The minimum absolute atomic E-state index is 0.128. The highest BCUT2D eigenvalue weighted by molar-refractivity contribution is 7.98. The van der Waals surface area contributed by atoms with Gasteiger partial charge in [-0.1, -0.05) is 18.2 Å². The van der Waals surface area contributed by atoms with Crippen LogP contribution < -0.4 is 20.9 Å². The number of benzene rings is 2. The smallest absolute Gasteiger partial charge is 0.279 e. The number of quaternary nitrogens is 1. The first kappa shape index (κ1) is 22.4. The molecule has 1 atom stereocenters. The Morgan fingerprint density at radius 3 is 2.34 bits per heavy atom. The van der Waals surface area contributed by atoms with Crippen LogP contribution in [0.4, 0.5) is 11.4 Å². The molecule has 2 aromatic carbocycles. The second-order valence-electron chi connectivity index (χ2n) is 6.55. The number of carbonyl (C=O) groups excluding carboxylic acids is 3. The molecule has 4 N–H and O–H groups in total. The van der Waals surface area contributed by atoms with E-state index >= 15 is 0 Å². The van der Waals surface area contributed by atoms with Crippen molar-refractivity contribution in [3.63, 3.8) is 0 Å². The first-order valence-corrected chi connectivity index (χ1v) is 10.6. The Labute approximate surface area is 175 Å². The van der Waals surface area contributed by atoms with Gasteiger partial charge in [-0.25, -0.2) is 0 Å². The van der Waals surface area contributed by atoms with Gasteiger partial charge in [0.2, 0.25) is 0 Å². The summed E-state index contributed by atoms with van der Waals surface area (Å²) in [7, 11) is 1.78. The first-order valence-electron chi connectivity index (χ1n) is 9.35. The number of carbonyl (C=O) groups is 3. The van der Waals surface area contributed by atoms with Gasteiger partial charge >= 0.3 is 0 Å². The number of likely N-dealkylation sites (N-methyl/N-ethyl adjacent to an activating group) is 1. The topological polar surface area (TPSA) is 91.7 Å². The lowest BCUT2D eigenvalue weighted by molar-refractivity contribution is -0.862. The third-order valence-corrected chi connectivity index (χ3v) is 4.85. The van der Waals surface area contributed by atoms with Crippen LogP contribution >= 0.6 is 11.8 Å². The van der Waals surface area contributed by atoms with Crippen LogP contribution in [-0.4, -0.2) is 50.7 Å². The summed E-state index contributed by atoms with van der Waals surface area (Å²) in [6.07, 6.45) is 1.95. The van der Waals surface area contributed by atoms with E-state index in [2.05, 4.69) is 16.0 Å². The van der Waals surface area contributed by atoms with Gasteiger partial charge in [-0.2, -0.15) is 0 Å². The molecule has 2 aromatic rings. The largest absolute Gasteiger partial charge is 0.352 e. The third-order valence-electron chi connectivity index (χ3n) is 4.05. The van der Waals surface area contributed by atoms with Crippen molar-refractivity contribution >= 4 is 40.9 Å². The predicted octanol–water partition coefficient (Wildman–Crippen LogP) is 1.25. The van der Waals surface area contributed by atoms with Gasteiger partial charge in [-0.05, 0) is 43.5 Å². The molecule has 1 unspecified atom stereocenters. The number of hydrogen-bond donors (Lipinski definition) is 4. The first-order chi connectivity index (χ1) is 13.9. The van der Waals surface area contributed by atoms with Gasteiger partial charge in [-0.3, -0.25) is 14.4 Å². The Morgan fingerprint density at radius 2 is 1.66 bits per heavy atom. The van der Waals surface area contributed by atoms with Crippen molar-refractivity contribution in [2.75, 3.05) is 43.6 Å². The maximum atomic E-state index is 12.3. The molecule has 0 saturated carbocycles. The fourth-order valence-corrected chi connectivity index (χ4v) is 3.31. The minimum Gasteiger partial charge on any atom is -0.352 e. The molecule has 154 valence electrons. The Morgan fingerprint density at radius 1 is 0.966 bits per heavy atom. The lowest BCUT2D eigenvalue weighted by Gasteiger charge is -2.15. The van der Waals surface area contributed by atoms with Gasteiger partial charge in [-0.15, -0.1) is 11.8 Å². The molecular weight excluding hydrogens is 388 g/mol. The van der Waals surface area contributed by atoms with E-state index < -0.39 is 0 Å². The lowest BCUT2D eigenvalue weighted by atomic mass is 10.2. The van der Waals surface area contributed by atoms with Crippen molar-refractivity contribution in [1.82, 2.24) is 5.32 Å². The maximum absolute atomic E-state index is 12.3. The van der Waals surface area contributed by atoms with Crippen LogP contribution in [0.1, 0.15) is 17.3 Å². The third kappa shape index (κ3) is 7.24. The van der Waals surface area contributed by atoms with Gasteiger partial charge in [0.15, 0.2) is 13.1 Å². The van der Waals surface area contributed by atoms with E-state index in [9.17, 15) is 14.4 Å². The zero-order valence-electron chi connectivity index (χ0n) is 16.9. The standard InChI is InChI=1S/C21H26N4O3S/c1-4-22-21(28)15-8-7-9-16(12-15)23-19(26)13-25(2)14-20(27)24-17-10-5-6-11-18(17)29-3/h5-12H,4,13-14H2,1-3H3,(H,22,28)(H,23,26)(H,24,27)/p+1. The molecule has 0 spiro atoms. The summed E-state index contributed by atoms with van der Waals surface area (Å²) in [5, 5.41) is 8.39. The predicted molar refractivity (Wildman–Crippen MR) is 117 cm³/mol. The van der Waals surface area contributed by atoms with E-state index in [4.69, 9.17) is 0 Å². The number of para-hydroxylation sites is 1. The van der Waals surface area contributed by atoms with Crippen molar-refractivity contribution in [2.45, 2.75) is 11.8 Å². The number of anilines is 2. The zero-order valence-corrected chi connectivity index (χ0v) is 17.7. The van der Waals surface area contributed by atoms with Crippen LogP contribution in [0.15, 0.2) is 53.4 Å². The van der Waals surface area contributed by atoms with Crippen molar-refractivity contribution in [2.24, 2.45) is 0 Å². The van der Waals surface area contributed by atoms with Gasteiger partial charge in [0.05, 0.1) is 12.7 Å². The number of nitrogens with one attached hydrogen (secondary N) is 4. The average molecular weight is 416 g/mol. The summed E-state index contributed by atoms with van der Waals surface area (Å²) in [4.78, 5) is 38.2. The van der Waals surface area contributed by atoms with Crippen LogP contribution in [0.5, 0.6) is 0 Å². The maximum Gasteiger partial charge on any atom is 0.279 e. The Bertz CT molecular complexity index is 873. The monoisotopic (exact) mass is 415 g/mol. The molecule has 0 fully saturated rings. The molecule has 8 heteroatoms. The van der Waals surface area contributed by atoms with Gasteiger partial charge in [0.1, 0.15) is 0 Å². The number of hydrogen-bond acceptors (Lipinski definition) is 4. The van der Waals surface area contributed by atoms with Crippen LogP contribution in [0.25, 0.3) is 0 Å². The quantitative estimate of drug-likeness (QED) is 0.464. The molecule has 0 aliphatic carbocycles. The molecule has 0 aliphatic rings. The fourth-order valence-electron chi connectivity index (χ4n) is 2.76. The highest BCUT2D eigenvalue weighted by atomic mass is 32.2. The molecular formula is C21H27N4O3S+. The molecule has 0 aromatic heterocycles. The van der Waals surface area contributed by atoms with Gasteiger partial charge in [0.25, 0.3) is 17.7 Å². The summed E-state index contributed by atoms with van der Waals surface area (Å²) in [5.41, 5.74) is 1.80. The van der Waals surface area contributed by atoms with Gasteiger partial charge < -0.3 is 20.9 Å². The second kappa shape index (κ2) is 11.2. The van der Waals surface area contributed by atoms with E-state index in [1.165, 1.54) is 0 Å². The van der Waals surface area contributed by atoms with Crippen LogP contribution in [0, 0.1) is 0 Å². The second-order valence-corrected chi connectivity index (χ2v) is 7.40. The molecule has 2 rings (SSSR count). The van der Waals surface area contributed by atoms with Crippen molar-refractivity contribution in [3.05, 3.63) is 54.1 Å². The van der Waals surface area contributed by atoms with E-state index in [1.54, 1.807) is 43.1 Å². The van der Waals surface area contributed by atoms with E-state index in [1.807, 2.05) is 37.4 Å². The van der Waals surface area contributed by atoms with Gasteiger partial charge in [0, 0.05) is 22.7 Å². The Kier molecular flexibility index (Phi) is 8.69. The molecule has 29 heavy (non-hydrogen) atoms. The van der Waals surface area contributed by atoms with Crippen LogP contribution in [-0.2, 0) is 9.59 Å². The van der Waals surface area contributed by atoms with Crippen molar-refractivity contribution in [1.29, 1.82) is 0 Å². The number of thioether (sulfide) groups is 1. The van der Waals surface area contributed by atoms with Crippen molar-refractivity contribution in [3.8, 4) is 0 Å². The van der Waals surface area contributed by atoms with Crippen LogP contribution in [0.3, 0.4) is 0 Å². The summed E-state index contributed by atoms with van der Waals surface area (Å²) >= 11 is 1.56. The zero-order chi connectivity index (χ0) is 21.2. The highest BCUT2D eigenvalue weighted by Crippen LogP contribution is 2.24. The van der Waals surface area contributed by atoms with Crippen LogP contribution in [0.2, 0.25) is 0 Å². The molecule has 7 nitrogen and oxygen atoms in total. The molecule has 3 amide bonds. The molecule has 0 heterocycles. The normalized spacial score (nSPS) is 11.4. The Balaban J connectivity index is 1.86. The lowest BCUT2D eigenvalue weighted by Crippen LogP contribution is -3.11. The molecule has 0 saturated heterocycles. The van der Waals surface area contributed by atoms with E-state index in [0.717, 1.165) is 15.5 Å². The molecule has 0 aliphatic heterocycles. The summed E-state index contributed by atoms with van der Waals surface area (Å²) in [6.45, 7) is 2.67. The SMILES string of the molecule is CCNC(=O)c1cccc(NC(=O)C[NH+](C)CC(=O)Nc2ccccc2SC)c1. The average Bonchev–Trinajstić information content (AvgIpc) is 2.68. The van der Waals surface area contributed by atoms with Crippen molar-refractivity contribution < 1.29 is 19.3 Å². The fraction of sp³-hybridized carbons (Fsp3) is 0.286. The summed E-state index contributed by atoms with van der Waals surface area (Å²) < 4.78 is 0. The molecule has 0 radical (unpaired) electrons. The van der Waals surface area contributed by atoms with E-state index in [-0.39, 0.29) is 30.8 Å². The summed E-state index contributed by atoms with van der Waals surface area (Å²) in [5.74, 6) is -0.573. The summed E-state index contributed by atoms with van der Waals surface area (Å²) in [6, 6.07) is 14.3. The Hall–Kier alpha value is -2.84. The molecule has 0 bridgehead atoms. The number of rotatable bonds is 9. The minimum atomic E-state index is -0.229. The highest BCUT2D eigenvalue weighted by Gasteiger charge is 2.16. The number of amides is 3.